The van der Waals surface area contributed by atoms with Crippen LogP contribution in [0.25, 0.3) is 0 Å². The molecule has 2 rings (SSSR count). The second-order valence-corrected chi connectivity index (χ2v) is 7.19. The van der Waals surface area contributed by atoms with Gasteiger partial charge in [-0.3, -0.25) is 0 Å². The third-order valence-electron chi connectivity index (χ3n) is 3.64. The van der Waals surface area contributed by atoms with Crippen LogP contribution in [0.4, 0.5) is 0 Å². The third-order valence-corrected chi connectivity index (χ3v) is 5.52. The van der Waals surface area contributed by atoms with Crippen molar-refractivity contribution in [2.45, 2.75) is 13.1 Å². The molecule has 128 valence electrons. The van der Waals surface area contributed by atoms with E-state index in [0.29, 0.717) is 20.1 Å². The van der Waals surface area contributed by atoms with Crippen LogP contribution in [0.2, 0.25) is 20.1 Å². The summed E-state index contributed by atoms with van der Waals surface area (Å²) in [6, 6.07) is 0. The summed E-state index contributed by atoms with van der Waals surface area (Å²) in [5.74, 6) is 0. The summed E-state index contributed by atoms with van der Waals surface area (Å²) < 4.78 is 0.879. The SMILES string of the molecule is CCl.CN(C)CC[N+]1(C)Cc2c(Cl)c(Cl)c(Cl)c(Cl)c2C1.[Cl-]. The van der Waals surface area contributed by atoms with Crippen LogP contribution in [-0.2, 0) is 13.1 Å². The van der Waals surface area contributed by atoms with Gasteiger partial charge in [0.05, 0.1) is 33.7 Å². The molecule has 0 amide bonds. The van der Waals surface area contributed by atoms with Gasteiger partial charge in [0.25, 0.3) is 0 Å². The fourth-order valence-corrected chi connectivity index (χ4v) is 3.52. The maximum Gasteiger partial charge on any atom is 0.107 e. The zero-order valence-corrected chi connectivity index (χ0v) is 17.5. The highest BCUT2D eigenvalue weighted by molar-refractivity contribution is 6.52. The highest BCUT2D eigenvalue weighted by atomic mass is 35.5. The molecule has 0 aliphatic carbocycles. The number of alkyl halides is 1. The van der Waals surface area contributed by atoms with Crippen molar-refractivity contribution in [1.29, 1.82) is 0 Å². The molecule has 0 saturated carbocycles. The molecule has 0 atom stereocenters. The smallest absolute Gasteiger partial charge is 0.107 e. The molecular weight excluding hydrogens is 409 g/mol. The number of rotatable bonds is 3. The molecule has 1 aliphatic heterocycles. The van der Waals surface area contributed by atoms with E-state index in [4.69, 9.17) is 46.4 Å². The molecule has 0 bridgehead atoms. The number of likely N-dealkylation sites (N-methyl/N-ethyl adjacent to an activating group) is 2. The first-order valence-electron chi connectivity index (χ1n) is 6.45. The van der Waals surface area contributed by atoms with Crippen LogP contribution in [0, 0.1) is 0 Å². The lowest BCUT2D eigenvalue weighted by Crippen LogP contribution is -3.00. The highest BCUT2D eigenvalue weighted by Crippen LogP contribution is 2.46. The van der Waals surface area contributed by atoms with Gasteiger partial charge in [-0.05, 0) is 14.1 Å². The van der Waals surface area contributed by atoms with Gasteiger partial charge in [0, 0.05) is 24.1 Å². The van der Waals surface area contributed by atoms with Crippen LogP contribution in [0.3, 0.4) is 0 Å². The summed E-state index contributed by atoms with van der Waals surface area (Å²) in [6.07, 6.45) is 1.47. The van der Waals surface area contributed by atoms with E-state index in [0.717, 1.165) is 41.8 Å². The Kier molecular flexibility index (Phi) is 9.76. The molecule has 0 unspecified atom stereocenters. The molecule has 22 heavy (non-hydrogen) atoms. The molecule has 1 aromatic rings. The summed E-state index contributed by atoms with van der Waals surface area (Å²) in [4.78, 5) is 2.18. The van der Waals surface area contributed by atoms with Crippen molar-refractivity contribution >= 4 is 58.0 Å². The van der Waals surface area contributed by atoms with Crippen LogP contribution in [0.15, 0.2) is 0 Å². The Bertz CT molecular complexity index is 482. The summed E-state index contributed by atoms with van der Waals surface area (Å²) in [5.41, 5.74) is 2.09. The number of halogens is 6. The van der Waals surface area contributed by atoms with Crippen molar-refractivity contribution in [2.24, 2.45) is 0 Å². The van der Waals surface area contributed by atoms with E-state index in [2.05, 4.69) is 37.6 Å². The predicted molar refractivity (Wildman–Crippen MR) is 95.3 cm³/mol. The number of hydrogen-bond donors (Lipinski definition) is 0. The molecule has 1 aromatic carbocycles. The topological polar surface area (TPSA) is 3.24 Å². The Balaban J connectivity index is 0.00000141. The zero-order chi connectivity index (χ0) is 16.4. The van der Waals surface area contributed by atoms with E-state index in [-0.39, 0.29) is 12.4 Å². The quantitative estimate of drug-likeness (QED) is 0.309. The first-order valence-corrected chi connectivity index (χ1v) is 8.72. The lowest BCUT2D eigenvalue weighted by Gasteiger charge is -2.30. The van der Waals surface area contributed by atoms with Crippen molar-refractivity contribution in [1.82, 2.24) is 4.90 Å². The van der Waals surface area contributed by atoms with Crippen molar-refractivity contribution in [3.8, 4) is 0 Å². The summed E-state index contributed by atoms with van der Waals surface area (Å²) >= 11 is 29.5. The van der Waals surface area contributed by atoms with Crippen LogP contribution in [0.5, 0.6) is 0 Å². The number of benzene rings is 1. The summed E-state index contributed by atoms with van der Waals surface area (Å²) in [7, 11) is 6.35. The normalized spacial score (nSPS) is 15.0. The van der Waals surface area contributed by atoms with Gasteiger partial charge in [-0.1, -0.05) is 46.4 Å². The molecular formula is C14H20Cl6N2. The number of fused-ring (bicyclic) bond motifs is 1. The third kappa shape index (κ3) is 4.94. The first kappa shape index (κ1) is 22.9. The predicted octanol–water partition coefficient (Wildman–Crippen LogP) is 2.18. The Hall–Kier alpha value is 0.880. The minimum absolute atomic E-state index is 0. The summed E-state index contributed by atoms with van der Waals surface area (Å²) in [6.45, 7) is 3.74. The molecule has 0 radical (unpaired) electrons. The molecule has 0 spiro atoms. The van der Waals surface area contributed by atoms with E-state index in [9.17, 15) is 0 Å². The monoisotopic (exact) mass is 426 g/mol. The van der Waals surface area contributed by atoms with E-state index in [1.54, 1.807) is 0 Å². The molecule has 0 fully saturated rings. The van der Waals surface area contributed by atoms with Crippen LogP contribution >= 0.6 is 58.0 Å². The Labute approximate surface area is 164 Å². The maximum atomic E-state index is 6.31. The second kappa shape index (κ2) is 9.39. The molecule has 1 aliphatic rings. The molecule has 1 heterocycles. The molecule has 8 heteroatoms. The highest BCUT2D eigenvalue weighted by Gasteiger charge is 2.37. The van der Waals surface area contributed by atoms with Crippen molar-refractivity contribution < 1.29 is 16.9 Å². The number of hydrogen-bond acceptors (Lipinski definition) is 1. The molecule has 0 saturated heterocycles. The largest absolute Gasteiger partial charge is 1.00 e. The van der Waals surface area contributed by atoms with Crippen LogP contribution < -0.4 is 12.4 Å². The lowest BCUT2D eigenvalue weighted by atomic mass is 10.1. The van der Waals surface area contributed by atoms with E-state index < -0.39 is 0 Å². The average Bonchev–Trinajstić information content (AvgIpc) is 2.82. The van der Waals surface area contributed by atoms with Gasteiger partial charge in [0.1, 0.15) is 13.1 Å². The van der Waals surface area contributed by atoms with Crippen LogP contribution in [0.1, 0.15) is 11.1 Å². The van der Waals surface area contributed by atoms with Gasteiger partial charge in [-0.2, -0.15) is 0 Å². The van der Waals surface area contributed by atoms with E-state index >= 15 is 0 Å². The van der Waals surface area contributed by atoms with Gasteiger partial charge in [-0.15, -0.1) is 11.6 Å². The van der Waals surface area contributed by atoms with Gasteiger partial charge >= 0.3 is 0 Å². The minimum Gasteiger partial charge on any atom is -1.00 e. The fourth-order valence-electron chi connectivity index (χ4n) is 2.47. The lowest BCUT2D eigenvalue weighted by molar-refractivity contribution is -0.928. The molecule has 0 aromatic heterocycles. The fraction of sp³-hybridized carbons (Fsp3) is 0.571. The van der Waals surface area contributed by atoms with Crippen molar-refractivity contribution in [3.05, 3.63) is 31.2 Å². The summed E-state index contributed by atoms with van der Waals surface area (Å²) in [5, 5.41) is 1.84. The maximum absolute atomic E-state index is 6.31. The standard InChI is InChI=1S/C13H17Cl4N2.CH3Cl.ClH/c1-18(2)4-5-19(3)6-8-9(7-19)11(15)13(17)12(16)10(8)14;1-2;/h4-7H2,1-3H3;1H3;1H/q+1;;/p-1. The first-order chi connectivity index (χ1) is 9.75. The second-order valence-electron chi connectivity index (χ2n) is 5.68. The van der Waals surface area contributed by atoms with Crippen molar-refractivity contribution in [3.63, 3.8) is 0 Å². The molecule has 0 N–H and O–H groups in total. The van der Waals surface area contributed by atoms with Gasteiger partial charge in [-0.25, -0.2) is 0 Å². The Morgan fingerprint density at radius 1 is 0.864 bits per heavy atom. The van der Waals surface area contributed by atoms with Gasteiger partial charge in [0.15, 0.2) is 0 Å². The van der Waals surface area contributed by atoms with E-state index in [1.807, 2.05) is 0 Å². The zero-order valence-electron chi connectivity index (χ0n) is 13.0. The minimum atomic E-state index is 0. The number of quaternary nitrogens is 1. The van der Waals surface area contributed by atoms with Gasteiger partial charge in [0.2, 0.25) is 0 Å². The van der Waals surface area contributed by atoms with Crippen molar-refractivity contribution in [2.75, 3.05) is 40.6 Å². The average molecular weight is 429 g/mol. The van der Waals surface area contributed by atoms with Crippen LogP contribution in [-0.4, -0.2) is 50.0 Å². The van der Waals surface area contributed by atoms with Gasteiger partial charge < -0.3 is 21.8 Å². The van der Waals surface area contributed by atoms with E-state index in [1.165, 1.54) is 6.38 Å². The number of nitrogens with zero attached hydrogens (tertiary/aromatic N) is 2. The molecule has 2 nitrogen and oxygen atoms in total. The Morgan fingerprint density at radius 3 is 1.55 bits per heavy atom. The Morgan fingerprint density at radius 2 is 1.23 bits per heavy atom.